The number of aromatic amines is 1. The first-order valence-corrected chi connectivity index (χ1v) is 7.14. The lowest BCUT2D eigenvalue weighted by molar-refractivity contribution is -0.120. The van der Waals surface area contributed by atoms with E-state index >= 15 is 0 Å². The van der Waals surface area contributed by atoms with Gasteiger partial charge in [-0.25, -0.2) is 0 Å². The Balaban J connectivity index is 1.70. The molecule has 6 heteroatoms. The number of amides is 1. The van der Waals surface area contributed by atoms with E-state index < -0.39 is 5.91 Å². The summed E-state index contributed by atoms with van der Waals surface area (Å²) in [5.41, 5.74) is 6.83. The van der Waals surface area contributed by atoms with Crippen LogP contribution in [0.3, 0.4) is 0 Å². The third kappa shape index (κ3) is 3.21. The normalized spacial score (nSPS) is 11.2. The predicted molar refractivity (Wildman–Crippen MR) is 88.9 cm³/mol. The summed E-state index contributed by atoms with van der Waals surface area (Å²) < 4.78 is 5.44. The lowest BCUT2D eigenvalue weighted by atomic mass is 10.2. The topological polar surface area (TPSA) is 92.8 Å². The van der Waals surface area contributed by atoms with Gasteiger partial charge in [0.25, 0.3) is 0 Å². The Bertz CT molecular complexity index is 883. The number of azo groups is 1. The number of nitrogen functional groups attached to an aromatic ring is 1. The predicted octanol–water partition coefficient (Wildman–Crippen LogP) is 3.75. The van der Waals surface area contributed by atoms with Crippen molar-refractivity contribution in [2.24, 2.45) is 10.2 Å². The van der Waals surface area contributed by atoms with Gasteiger partial charge >= 0.3 is 5.91 Å². The molecule has 3 rings (SSSR count). The number of fused-ring (bicyclic) bond motifs is 1. The lowest BCUT2D eigenvalue weighted by Crippen LogP contribution is -2.08. The van der Waals surface area contributed by atoms with Crippen LogP contribution in [0, 0.1) is 6.92 Å². The molecule has 0 radical (unpaired) electrons. The fourth-order valence-corrected chi connectivity index (χ4v) is 2.26. The van der Waals surface area contributed by atoms with Crippen molar-refractivity contribution in [3.63, 3.8) is 0 Å². The number of H-pyrrole nitrogens is 1. The van der Waals surface area contributed by atoms with Crippen molar-refractivity contribution in [3.8, 4) is 5.75 Å². The highest BCUT2D eigenvalue weighted by Gasteiger charge is 2.08. The Hall–Kier alpha value is -3.15. The number of nitrogens with one attached hydrogen (secondary N) is 1. The number of rotatable bonds is 4. The zero-order chi connectivity index (χ0) is 16.2. The van der Waals surface area contributed by atoms with Crippen molar-refractivity contribution in [2.75, 3.05) is 12.3 Å². The number of anilines is 1. The van der Waals surface area contributed by atoms with Gasteiger partial charge in [-0.2, -0.15) is 0 Å². The number of aryl methyl sites for hydroxylation is 1. The maximum absolute atomic E-state index is 11.8. The number of carbonyl (C=O) groups is 1. The summed E-state index contributed by atoms with van der Waals surface area (Å²) in [5.74, 6) is 1.15. The van der Waals surface area contributed by atoms with Gasteiger partial charge < -0.3 is 15.5 Å². The van der Waals surface area contributed by atoms with Gasteiger partial charge in [0.15, 0.2) is 12.4 Å². The standard InChI is InChI=1S/C17H16N4O2/c1-11-6-2-5-9-14(11)23-10-15(22)20-21-17-13-8-4-3-7-12(13)16(18)19-17/h2-9,19H,10,18H2,1H3. The summed E-state index contributed by atoms with van der Waals surface area (Å²) >= 11 is 0. The van der Waals surface area contributed by atoms with E-state index in [2.05, 4.69) is 15.2 Å². The third-order valence-electron chi connectivity index (χ3n) is 3.43. The van der Waals surface area contributed by atoms with Gasteiger partial charge in [-0.3, -0.25) is 4.79 Å². The second-order valence-electron chi connectivity index (χ2n) is 5.08. The van der Waals surface area contributed by atoms with E-state index in [9.17, 15) is 4.79 Å². The lowest BCUT2D eigenvalue weighted by Gasteiger charge is -2.05. The Morgan fingerprint density at radius 2 is 1.83 bits per heavy atom. The maximum Gasteiger partial charge on any atom is 0.302 e. The molecule has 2 aromatic carbocycles. The number of nitrogens with two attached hydrogens (primary N) is 1. The average Bonchev–Trinajstić information content (AvgIpc) is 2.89. The number of aromatic nitrogens is 1. The highest BCUT2D eigenvalue weighted by Crippen LogP contribution is 2.30. The Kier molecular flexibility index (Phi) is 4.05. The summed E-state index contributed by atoms with van der Waals surface area (Å²) in [7, 11) is 0. The molecule has 0 atom stereocenters. The molecule has 0 unspecified atom stereocenters. The zero-order valence-electron chi connectivity index (χ0n) is 12.6. The molecule has 3 N–H and O–H groups in total. The first kappa shape index (κ1) is 14.8. The van der Waals surface area contributed by atoms with Crippen LogP contribution in [0.25, 0.3) is 10.8 Å². The number of hydrogen-bond donors (Lipinski definition) is 2. The molecule has 116 valence electrons. The van der Waals surface area contributed by atoms with Gasteiger partial charge in [0.2, 0.25) is 0 Å². The molecule has 0 spiro atoms. The number of nitrogens with zero attached hydrogens (tertiary/aromatic N) is 2. The van der Waals surface area contributed by atoms with Crippen LogP contribution in [0.15, 0.2) is 58.8 Å². The first-order valence-electron chi connectivity index (χ1n) is 7.14. The van der Waals surface area contributed by atoms with Gasteiger partial charge in [-0.15, -0.1) is 10.2 Å². The molecule has 1 heterocycles. The second kappa shape index (κ2) is 6.31. The summed E-state index contributed by atoms with van der Waals surface area (Å²) in [5, 5.41) is 9.30. The minimum Gasteiger partial charge on any atom is -0.483 e. The number of ether oxygens (including phenoxy) is 1. The van der Waals surface area contributed by atoms with Crippen LogP contribution in [0.1, 0.15) is 5.56 Å². The molecule has 0 saturated heterocycles. The molecule has 0 bridgehead atoms. The van der Waals surface area contributed by atoms with E-state index in [1.54, 1.807) is 6.07 Å². The molecule has 1 aromatic heterocycles. The largest absolute Gasteiger partial charge is 0.483 e. The monoisotopic (exact) mass is 308 g/mol. The molecule has 0 aliphatic rings. The van der Waals surface area contributed by atoms with Crippen molar-refractivity contribution < 1.29 is 9.53 Å². The molecule has 3 aromatic rings. The van der Waals surface area contributed by atoms with Crippen molar-refractivity contribution in [3.05, 3.63) is 54.1 Å². The van der Waals surface area contributed by atoms with Gasteiger partial charge in [0, 0.05) is 10.8 Å². The summed E-state index contributed by atoms with van der Waals surface area (Å²) in [6.07, 6.45) is 0. The van der Waals surface area contributed by atoms with Crippen molar-refractivity contribution in [1.29, 1.82) is 0 Å². The van der Waals surface area contributed by atoms with E-state index in [-0.39, 0.29) is 6.61 Å². The van der Waals surface area contributed by atoms with Crippen LogP contribution in [-0.4, -0.2) is 17.5 Å². The molecule has 0 fully saturated rings. The molecular formula is C17H16N4O2. The van der Waals surface area contributed by atoms with Crippen LogP contribution in [0.5, 0.6) is 5.75 Å². The van der Waals surface area contributed by atoms with Crippen LogP contribution in [-0.2, 0) is 4.79 Å². The Morgan fingerprint density at radius 3 is 2.61 bits per heavy atom. The number of carbonyl (C=O) groups excluding carboxylic acids is 1. The summed E-state index contributed by atoms with van der Waals surface area (Å²) in [4.78, 5) is 14.7. The minimum absolute atomic E-state index is 0.164. The molecule has 0 aliphatic carbocycles. The van der Waals surface area contributed by atoms with E-state index in [0.29, 0.717) is 17.4 Å². The summed E-state index contributed by atoms with van der Waals surface area (Å²) in [6.45, 7) is 1.75. The number of para-hydroxylation sites is 1. The molecular weight excluding hydrogens is 292 g/mol. The highest BCUT2D eigenvalue weighted by atomic mass is 16.5. The van der Waals surface area contributed by atoms with E-state index in [4.69, 9.17) is 10.5 Å². The fraction of sp³-hybridized carbons (Fsp3) is 0.118. The quantitative estimate of drug-likeness (QED) is 0.719. The molecule has 23 heavy (non-hydrogen) atoms. The van der Waals surface area contributed by atoms with E-state index in [1.165, 1.54) is 0 Å². The van der Waals surface area contributed by atoms with Crippen molar-refractivity contribution in [1.82, 2.24) is 4.98 Å². The van der Waals surface area contributed by atoms with Crippen molar-refractivity contribution in [2.45, 2.75) is 6.92 Å². The second-order valence-corrected chi connectivity index (χ2v) is 5.08. The fourth-order valence-electron chi connectivity index (χ4n) is 2.26. The number of benzene rings is 2. The zero-order valence-corrected chi connectivity index (χ0v) is 12.6. The average molecular weight is 308 g/mol. The minimum atomic E-state index is -0.467. The maximum atomic E-state index is 11.8. The third-order valence-corrected chi connectivity index (χ3v) is 3.43. The first-order chi connectivity index (χ1) is 11.1. The Labute approximate surface area is 133 Å². The number of hydrogen-bond acceptors (Lipinski definition) is 4. The van der Waals surface area contributed by atoms with Crippen molar-refractivity contribution >= 4 is 28.3 Å². The van der Waals surface area contributed by atoms with Gasteiger partial charge in [-0.1, -0.05) is 42.5 Å². The van der Waals surface area contributed by atoms with Crippen LogP contribution in [0.4, 0.5) is 11.6 Å². The van der Waals surface area contributed by atoms with Gasteiger partial charge in [-0.05, 0) is 18.6 Å². The van der Waals surface area contributed by atoms with Gasteiger partial charge in [0.05, 0.1) is 0 Å². The molecule has 6 nitrogen and oxygen atoms in total. The summed E-state index contributed by atoms with van der Waals surface area (Å²) in [6, 6.07) is 15.0. The molecule has 1 amide bonds. The Morgan fingerprint density at radius 1 is 1.13 bits per heavy atom. The molecule has 0 saturated carbocycles. The van der Waals surface area contributed by atoms with E-state index in [1.807, 2.05) is 49.4 Å². The molecule has 0 aliphatic heterocycles. The van der Waals surface area contributed by atoms with Crippen LogP contribution >= 0.6 is 0 Å². The smallest absolute Gasteiger partial charge is 0.302 e. The SMILES string of the molecule is Cc1ccccc1OCC(=O)N=Nc1[nH]c(N)c2ccccc12. The highest BCUT2D eigenvalue weighted by molar-refractivity contribution is 5.99. The van der Waals surface area contributed by atoms with Gasteiger partial charge in [0.1, 0.15) is 11.6 Å². The van der Waals surface area contributed by atoms with Crippen LogP contribution in [0.2, 0.25) is 0 Å². The van der Waals surface area contributed by atoms with Crippen LogP contribution < -0.4 is 10.5 Å². The van der Waals surface area contributed by atoms with E-state index in [0.717, 1.165) is 16.3 Å².